The third-order valence-corrected chi connectivity index (χ3v) is 2.88. The molecule has 0 aromatic carbocycles. The molecule has 0 radical (unpaired) electrons. The highest BCUT2D eigenvalue weighted by molar-refractivity contribution is 5.25. The molecule has 102 valence electrons. The Kier molecular flexibility index (Phi) is 7.42. The van der Waals surface area contributed by atoms with Gasteiger partial charge in [0.25, 0.3) is 0 Å². The van der Waals surface area contributed by atoms with Gasteiger partial charge in [-0.05, 0) is 31.4 Å². The number of nitrogens with one attached hydrogen (secondary N) is 1. The van der Waals surface area contributed by atoms with Crippen LogP contribution in [-0.2, 0) is 6.54 Å². The zero-order valence-electron chi connectivity index (χ0n) is 11.9. The van der Waals surface area contributed by atoms with E-state index >= 15 is 0 Å². The molecule has 1 rings (SSSR count). The highest BCUT2D eigenvalue weighted by Gasteiger charge is 2.07. The first kappa shape index (κ1) is 15.0. The molecule has 18 heavy (non-hydrogen) atoms. The molecule has 3 heteroatoms. The summed E-state index contributed by atoms with van der Waals surface area (Å²) in [7, 11) is 0. The molecule has 0 aliphatic heterocycles. The first-order valence-electron chi connectivity index (χ1n) is 7.05. The maximum Gasteiger partial charge on any atom is 0.217 e. The van der Waals surface area contributed by atoms with E-state index in [0.29, 0.717) is 5.92 Å². The Morgan fingerprint density at radius 3 is 2.89 bits per heavy atom. The van der Waals surface area contributed by atoms with E-state index in [1.807, 2.05) is 6.07 Å². The van der Waals surface area contributed by atoms with Crippen LogP contribution < -0.4 is 10.1 Å². The van der Waals surface area contributed by atoms with Crippen molar-refractivity contribution in [3.05, 3.63) is 23.9 Å². The van der Waals surface area contributed by atoms with Crippen LogP contribution in [-0.4, -0.2) is 18.1 Å². The molecule has 0 saturated heterocycles. The van der Waals surface area contributed by atoms with E-state index in [4.69, 9.17) is 4.74 Å². The number of hydrogen-bond donors (Lipinski definition) is 1. The summed E-state index contributed by atoms with van der Waals surface area (Å²) >= 11 is 0. The number of ether oxygens (including phenoxy) is 1. The number of rotatable bonds is 9. The number of nitrogens with zero attached hydrogens (tertiary/aromatic N) is 1. The number of aromatic nitrogens is 1. The van der Waals surface area contributed by atoms with E-state index in [1.54, 1.807) is 6.20 Å². The van der Waals surface area contributed by atoms with Gasteiger partial charge >= 0.3 is 0 Å². The van der Waals surface area contributed by atoms with E-state index in [-0.39, 0.29) is 0 Å². The fraction of sp³-hybridized carbons (Fsp3) is 0.667. The normalized spacial score (nSPS) is 12.4. The second-order valence-electron chi connectivity index (χ2n) is 4.85. The molecule has 1 unspecified atom stereocenters. The highest BCUT2D eigenvalue weighted by Crippen LogP contribution is 2.16. The summed E-state index contributed by atoms with van der Waals surface area (Å²) in [5.74, 6) is 1.37. The summed E-state index contributed by atoms with van der Waals surface area (Å²) < 4.78 is 5.83. The Balaban J connectivity index is 2.48. The van der Waals surface area contributed by atoms with E-state index in [9.17, 15) is 0 Å². The van der Waals surface area contributed by atoms with Gasteiger partial charge in [-0.2, -0.15) is 0 Å². The molecule has 0 spiro atoms. The Labute approximate surface area is 111 Å². The van der Waals surface area contributed by atoms with Gasteiger partial charge in [0.1, 0.15) is 0 Å². The van der Waals surface area contributed by atoms with Crippen LogP contribution in [0.4, 0.5) is 0 Å². The van der Waals surface area contributed by atoms with E-state index in [1.165, 1.54) is 12.8 Å². The summed E-state index contributed by atoms with van der Waals surface area (Å²) in [4.78, 5) is 4.33. The maximum atomic E-state index is 5.83. The Morgan fingerprint density at radius 2 is 2.17 bits per heavy atom. The lowest BCUT2D eigenvalue weighted by Gasteiger charge is -2.14. The van der Waals surface area contributed by atoms with Crippen LogP contribution in [0.2, 0.25) is 0 Å². The fourth-order valence-electron chi connectivity index (χ4n) is 1.89. The van der Waals surface area contributed by atoms with Gasteiger partial charge in [0, 0.05) is 18.3 Å². The summed E-state index contributed by atoms with van der Waals surface area (Å²) in [6, 6.07) is 4.04. The fourth-order valence-corrected chi connectivity index (χ4v) is 1.89. The highest BCUT2D eigenvalue weighted by atomic mass is 16.5. The van der Waals surface area contributed by atoms with Gasteiger partial charge in [-0.1, -0.05) is 33.3 Å². The Bertz CT molecular complexity index is 328. The first-order valence-corrected chi connectivity index (χ1v) is 7.05. The minimum Gasteiger partial charge on any atom is -0.477 e. The number of pyridine rings is 1. The molecular weight excluding hydrogens is 224 g/mol. The van der Waals surface area contributed by atoms with Crippen LogP contribution in [0.3, 0.4) is 0 Å². The van der Waals surface area contributed by atoms with E-state index < -0.39 is 0 Å². The lowest BCUT2D eigenvalue weighted by Crippen LogP contribution is -2.16. The predicted molar refractivity (Wildman–Crippen MR) is 75.8 cm³/mol. The maximum absolute atomic E-state index is 5.83. The average Bonchev–Trinajstić information content (AvgIpc) is 2.38. The van der Waals surface area contributed by atoms with Crippen molar-refractivity contribution in [3.63, 3.8) is 0 Å². The predicted octanol–water partition coefficient (Wildman–Crippen LogP) is 3.40. The van der Waals surface area contributed by atoms with Crippen molar-refractivity contribution in [2.45, 2.75) is 46.6 Å². The van der Waals surface area contributed by atoms with Crippen LogP contribution >= 0.6 is 0 Å². The molecule has 1 heterocycles. The van der Waals surface area contributed by atoms with Crippen molar-refractivity contribution in [1.82, 2.24) is 10.3 Å². The molecule has 1 N–H and O–H groups in total. The van der Waals surface area contributed by atoms with Crippen molar-refractivity contribution < 1.29 is 4.74 Å². The molecule has 0 fully saturated rings. The third kappa shape index (κ3) is 5.50. The molecular formula is C15H26N2O. The number of hydrogen-bond acceptors (Lipinski definition) is 3. The van der Waals surface area contributed by atoms with Crippen LogP contribution in [0.5, 0.6) is 5.88 Å². The van der Waals surface area contributed by atoms with Crippen LogP contribution in [0.15, 0.2) is 18.3 Å². The first-order chi connectivity index (χ1) is 8.77. The van der Waals surface area contributed by atoms with E-state index in [2.05, 4.69) is 37.1 Å². The molecule has 1 aromatic rings. The summed E-state index contributed by atoms with van der Waals surface area (Å²) in [6.07, 6.45) is 5.35. The standard InChI is InChI=1S/C15H26N2O/c1-4-7-13(3)12-18-15-14(8-6-10-17-15)11-16-9-5-2/h6,8,10,13,16H,4-5,7,9,11-12H2,1-3H3. The zero-order chi connectivity index (χ0) is 13.2. The molecule has 0 saturated carbocycles. The van der Waals surface area contributed by atoms with Gasteiger partial charge in [0.15, 0.2) is 0 Å². The summed E-state index contributed by atoms with van der Waals surface area (Å²) in [6.45, 7) is 9.21. The smallest absolute Gasteiger partial charge is 0.217 e. The minimum absolute atomic E-state index is 0.591. The molecule has 0 aliphatic rings. The van der Waals surface area contributed by atoms with Gasteiger partial charge in [-0.3, -0.25) is 0 Å². The Hall–Kier alpha value is -1.09. The van der Waals surface area contributed by atoms with Crippen molar-refractivity contribution in [2.75, 3.05) is 13.2 Å². The Morgan fingerprint density at radius 1 is 1.33 bits per heavy atom. The van der Waals surface area contributed by atoms with Crippen molar-refractivity contribution in [2.24, 2.45) is 5.92 Å². The topological polar surface area (TPSA) is 34.2 Å². The van der Waals surface area contributed by atoms with Crippen molar-refractivity contribution in [3.8, 4) is 5.88 Å². The molecule has 0 amide bonds. The molecule has 1 atom stereocenters. The summed E-state index contributed by atoms with van der Waals surface area (Å²) in [5, 5.41) is 3.38. The lowest BCUT2D eigenvalue weighted by molar-refractivity contribution is 0.240. The molecule has 0 bridgehead atoms. The molecule has 3 nitrogen and oxygen atoms in total. The van der Waals surface area contributed by atoms with Crippen LogP contribution in [0.25, 0.3) is 0 Å². The van der Waals surface area contributed by atoms with Gasteiger partial charge < -0.3 is 10.1 Å². The van der Waals surface area contributed by atoms with Gasteiger partial charge in [0.2, 0.25) is 5.88 Å². The SMILES string of the molecule is CCCNCc1cccnc1OCC(C)CCC. The minimum atomic E-state index is 0.591. The van der Waals surface area contributed by atoms with Gasteiger partial charge in [0.05, 0.1) is 6.61 Å². The van der Waals surface area contributed by atoms with E-state index in [0.717, 1.165) is 37.6 Å². The van der Waals surface area contributed by atoms with Gasteiger partial charge in [-0.15, -0.1) is 0 Å². The quantitative estimate of drug-likeness (QED) is 0.682. The third-order valence-electron chi connectivity index (χ3n) is 2.88. The largest absolute Gasteiger partial charge is 0.477 e. The average molecular weight is 250 g/mol. The summed E-state index contributed by atoms with van der Waals surface area (Å²) in [5.41, 5.74) is 1.15. The monoisotopic (exact) mass is 250 g/mol. The van der Waals surface area contributed by atoms with Gasteiger partial charge in [-0.25, -0.2) is 4.98 Å². The second kappa shape index (κ2) is 8.92. The van der Waals surface area contributed by atoms with Crippen molar-refractivity contribution >= 4 is 0 Å². The van der Waals surface area contributed by atoms with Crippen LogP contribution in [0, 0.1) is 5.92 Å². The second-order valence-corrected chi connectivity index (χ2v) is 4.85. The molecule has 1 aromatic heterocycles. The lowest BCUT2D eigenvalue weighted by atomic mass is 10.1. The van der Waals surface area contributed by atoms with Crippen molar-refractivity contribution in [1.29, 1.82) is 0 Å². The zero-order valence-corrected chi connectivity index (χ0v) is 11.9. The molecule has 0 aliphatic carbocycles. The van der Waals surface area contributed by atoms with Crippen LogP contribution in [0.1, 0.15) is 45.6 Å².